The third kappa shape index (κ3) is 3.61. The molecule has 0 spiro atoms. The number of nitrogens with zero attached hydrogens (tertiary/aromatic N) is 3. The monoisotopic (exact) mass is 365 g/mol. The third-order valence-electron chi connectivity index (χ3n) is 6.00. The number of aromatic nitrogens is 2. The molecule has 2 aliphatic rings. The zero-order valence-corrected chi connectivity index (χ0v) is 15.9. The molecular weight excluding hydrogens is 338 g/mol. The molecule has 0 N–H and O–H groups in total. The van der Waals surface area contributed by atoms with Gasteiger partial charge in [0.15, 0.2) is 0 Å². The van der Waals surface area contributed by atoms with Crippen molar-refractivity contribution < 1.29 is 9.26 Å². The van der Waals surface area contributed by atoms with E-state index in [2.05, 4.69) is 45.1 Å². The van der Waals surface area contributed by atoms with Crippen LogP contribution in [0.4, 0.5) is 0 Å². The molecule has 1 saturated carbocycles. The second kappa shape index (κ2) is 7.04. The van der Waals surface area contributed by atoms with Gasteiger partial charge in [0.1, 0.15) is 17.6 Å². The molecule has 0 radical (unpaired) electrons. The van der Waals surface area contributed by atoms with Gasteiger partial charge in [-0.3, -0.25) is 4.90 Å². The van der Waals surface area contributed by atoms with Gasteiger partial charge in [-0.05, 0) is 56.7 Å². The van der Waals surface area contributed by atoms with Crippen LogP contribution in [0.15, 0.2) is 41.2 Å². The van der Waals surface area contributed by atoms with Crippen LogP contribution in [0.1, 0.15) is 37.0 Å². The Morgan fingerprint density at radius 3 is 2.74 bits per heavy atom. The van der Waals surface area contributed by atoms with E-state index < -0.39 is 0 Å². The van der Waals surface area contributed by atoms with Crippen molar-refractivity contribution in [3.8, 4) is 5.75 Å². The van der Waals surface area contributed by atoms with E-state index in [0.717, 1.165) is 56.4 Å². The molecule has 0 bridgehead atoms. The van der Waals surface area contributed by atoms with E-state index in [0.29, 0.717) is 6.10 Å². The smallest absolute Gasteiger partial charge is 0.138 e. The molecule has 3 heterocycles. The summed E-state index contributed by atoms with van der Waals surface area (Å²) in [6, 6.07) is 8.69. The molecule has 5 nitrogen and oxygen atoms in total. The lowest BCUT2D eigenvalue weighted by Crippen LogP contribution is -2.37. The molecule has 1 aliphatic heterocycles. The molecule has 0 atom stereocenters. The van der Waals surface area contributed by atoms with Gasteiger partial charge >= 0.3 is 0 Å². The molecule has 0 amide bonds. The molecule has 1 aromatic carbocycles. The number of aryl methyl sites for hydroxylation is 1. The van der Waals surface area contributed by atoms with Crippen molar-refractivity contribution >= 4 is 10.9 Å². The minimum absolute atomic E-state index is 0.294. The van der Waals surface area contributed by atoms with Gasteiger partial charge < -0.3 is 13.8 Å². The summed E-state index contributed by atoms with van der Waals surface area (Å²) in [5.41, 5.74) is 2.50. The Bertz CT molecular complexity index is 917. The standard InChI is InChI=1S/C22H27N3O2/c1-16-18(13-23-27-16)15-24-10-7-19(8-11-24)26-22-4-2-3-21-20(22)9-12-25(21)14-17-5-6-17/h2-4,9,12-13,17,19H,5-8,10-11,14-15H2,1H3. The maximum atomic E-state index is 6.44. The SMILES string of the molecule is Cc1oncc1CN1CCC(Oc2cccc3c2ccn3CC2CC2)CC1. The van der Waals surface area contributed by atoms with E-state index in [1.165, 1.54) is 29.3 Å². The second-order valence-corrected chi connectivity index (χ2v) is 8.10. The Labute approximate surface area is 159 Å². The molecule has 0 unspecified atom stereocenters. The highest BCUT2D eigenvalue weighted by molar-refractivity contribution is 5.86. The topological polar surface area (TPSA) is 43.4 Å². The van der Waals surface area contributed by atoms with Crippen LogP contribution in [0, 0.1) is 12.8 Å². The lowest BCUT2D eigenvalue weighted by atomic mass is 10.1. The van der Waals surface area contributed by atoms with Crippen LogP contribution in [-0.4, -0.2) is 33.8 Å². The average Bonchev–Trinajstić information content (AvgIpc) is 3.27. The van der Waals surface area contributed by atoms with E-state index in [-0.39, 0.29) is 0 Å². The van der Waals surface area contributed by atoms with Gasteiger partial charge in [-0.15, -0.1) is 0 Å². The molecule has 1 aliphatic carbocycles. The first kappa shape index (κ1) is 16.9. The van der Waals surface area contributed by atoms with Crippen molar-refractivity contribution in [1.82, 2.24) is 14.6 Å². The van der Waals surface area contributed by atoms with Crippen molar-refractivity contribution in [1.29, 1.82) is 0 Å². The predicted octanol–water partition coefficient (Wildman–Crippen LogP) is 4.39. The number of likely N-dealkylation sites (tertiary alicyclic amines) is 1. The van der Waals surface area contributed by atoms with Crippen LogP contribution in [-0.2, 0) is 13.1 Å². The maximum absolute atomic E-state index is 6.44. The molecule has 5 rings (SSSR count). The molecule has 27 heavy (non-hydrogen) atoms. The van der Waals surface area contributed by atoms with Crippen LogP contribution in [0.2, 0.25) is 0 Å². The van der Waals surface area contributed by atoms with Crippen LogP contribution in [0.25, 0.3) is 10.9 Å². The fourth-order valence-electron chi connectivity index (χ4n) is 4.11. The summed E-state index contributed by atoms with van der Waals surface area (Å²) in [5.74, 6) is 2.84. The normalized spacial score (nSPS) is 19.0. The molecular formula is C22H27N3O2. The number of rotatable bonds is 6. The minimum Gasteiger partial charge on any atom is -0.490 e. The van der Waals surface area contributed by atoms with Gasteiger partial charge in [0.25, 0.3) is 0 Å². The minimum atomic E-state index is 0.294. The highest BCUT2D eigenvalue weighted by Gasteiger charge is 2.24. The first-order valence-corrected chi connectivity index (χ1v) is 10.1. The van der Waals surface area contributed by atoms with Crippen molar-refractivity contribution in [3.63, 3.8) is 0 Å². The number of hydrogen-bond acceptors (Lipinski definition) is 4. The molecule has 5 heteroatoms. The molecule has 142 valence electrons. The number of hydrogen-bond donors (Lipinski definition) is 0. The highest BCUT2D eigenvalue weighted by atomic mass is 16.5. The fourth-order valence-corrected chi connectivity index (χ4v) is 4.11. The van der Waals surface area contributed by atoms with Crippen LogP contribution < -0.4 is 4.74 Å². The molecule has 3 aromatic rings. The van der Waals surface area contributed by atoms with E-state index in [9.17, 15) is 0 Å². The average molecular weight is 365 g/mol. The van der Waals surface area contributed by atoms with Gasteiger partial charge in [0.05, 0.1) is 11.7 Å². The van der Waals surface area contributed by atoms with Crippen molar-refractivity contribution in [2.24, 2.45) is 5.92 Å². The summed E-state index contributed by atoms with van der Waals surface area (Å²) in [6.45, 7) is 6.14. The Morgan fingerprint density at radius 1 is 1.15 bits per heavy atom. The zero-order valence-electron chi connectivity index (χ0n) is 15.9. The second-order valence-electron chi connectivity index (χ2n) is 8.10. The predicted molar refractivity (Wildman–Crippen MR) is 105 cm³/mol. The first-order valence-electron chi connectivity index (χ1n) is 10.1. The van der Waals surface area contributed by atoms with E-state index in [1.54, 1.807) is 0 Å². The van der Waals surface area contributed by atoms with Crippen LogP contribution in [0.3, 0.4) is 0 Å². The maximum Gasteiger partial charge on any atom is 0.138 e. The van der Waals surface area contributed by atoms with Crippen LogP contribution in [0.5, 0.6) is 5.75 Å². The van der Waals surface area contributed by atoms with Gasteiger partial charge in [-0.25, -0.2) is 0 Å². The van der Waals surface area contributed by atoms with Gasteiger partial charge in [0.2, 0.25) is 0 Å². The van der Waals surface area contributed by atoms with E-state index in [4.69, 9.17) is 9.26 Å². The lowest BCUT2D eigenvalue weighted by molar-refractivity contribution is 0.0977. The Balaban J connectivity index is 1.22. The summed E-state index contributed by atoms with van der Waals surface area (Å²) >= 11 is 0. The highest BCUT2D eigenvalue weighted by Crippen LogP contribution is 2.34. The number of fused-ring (bicyclic) bond motifs is 1. The molecule has 1 saturated heterocycles. The zero-order chi connectivity index (χ0) is 18.2. The van der Waals surface area contributed by atoms with Crippen molar-refractivity contribution in [3.05, 3.63) is 48.0 Å². The summed E-state index contributed by atoms with van der Waals surface area (Å²) in [7, 11) is 0. The van der Waals surface area contributed by atoms with E-state index >= 15 is 0 Å². The summed E-state index contributed by atoms with van der Waals surface area (Å²) < 4.78 is 14.0. The fraction of sp³-hybridized carbons (Fsp3) is 0.500. The Kier molecular flexibility index (Phi) is 4.40. The number of benzene rings is 1. The summed E-state index contributed by atoms with van der Waals surface area (Å²) in [6.07, 6.45) is 9.23. The Hall–Kier alpha value is -2.27. The molecule has 2 aromatic heterocycles. The lowest BCUT2D eigenvalue weighted by Gasteiger charge is -2.32. The quantitative estimate of drug-likeness (QED) is 0.650. The summed E-state index contributed by atoms with van der Waals surface area (Å²) in [4.78, 5) is 2.46. The van der Waals surface area contributed by atoms with Crippen molar-refractivity contribution in [2.45, 2.75) is 51.8 Å². The number of ether oxygens (including phenoxy) is 1. The summed E-state index contributed by atoms with van der Waals surface area (Å²) in [5, 5.41) is 5.13. The first-order chi connectivity index (χ1) is 13.3. The molecule has 2 fully saturated rings. The van der Waals surface area contributed by atoms with Gasteiger partial charge in [0, 0.05) is 43.3 Å². The number of piperidine rings is 1. The third-order valence-corrected chi connectivity index (χ3v) is 6.00. The largest absolute Gasteiger partial charge is 0.490 e. The Morgan fingerprint density at radius 2 is 2.00 bits per heavy atom. The van der Waals surface area contributed by atoms with E-state index in [1.807, 2.05) is 13.1 Å². The van der Waals surface area contributed by atoms with Crippen molar-refractivity contribution in [2.75, 3.05) is 13.1 Å². The van der Waals surface area contributed by atoms with Gasteiger partial charge in [-0.2, -0.15) is 0 Å². The van der Waals surface area contributed by atoms with Gasteiger partial charge in [-0.1, -0.05) is 11.2 Å². The van der Waals surface area contributed by atoms with Crippen LogP contribution >= 0.6 is 0 Å².